The second-order valence-electron chi connectivity index (χ2n) is 8.42. The van der Waals surface area contributed by atoms with Crippen LogP contribution in [0.4, 0.5) is 0 Å². The van der Waals surface area contributed by atoms with Gasteiger partial charge in [0.05, 0.1) is 6.04 Å². The van der Waals surface area contributed by atoms with E-state index in [0.29, 0.717) is 25.3 Å². The summed E-state index contributed by atoms with van der Waals surface area (Å²) in [5.41, 5.74) is 3.38. The van der Waals surface area contributed by atoms with Gasteiger partial charge in [-0.2, -0.15) is 0 Å². The molecule has 0 fully saturated rings. The van der Waals surface area contributed by atoms with Crippen LogP contribution in [0.25, 0.3) is 0 Å². The summed E-state index contributed by atoms with van der Waals surface area (Å²) < 4.78 is 6.10. The number of benzene rings is 2. The predicted octanol–water partition coefficient (Wildman–Crippen LogP) is 4.50. The van der Waals surface area contributed by atoms with Crippen molar-refractivity contribution >= 4 is 11.8 Å². The predicted molar refractivity (Wildman–Crippen MR) is 123 cm³/mol. The average Bonchev–Trinajstić information content (AvgIpc) is 2.80. The smallest absolute Gasteiger partial charge is 0.261 e. The monoisotopic (exact) mass is 422 g/mol. The molecular weight excluding hydrogens is 388 g/mol. The van der Waals surface area contributed by atoms with Gasteiger partial charge in [-0.3, -0.25) is 9.59 Å². The first kappa shape index (κ1) is 22.9. The van der Waals surface area contributed by atoms with Crippen LogP contribution in [0.15, 0.2) is 48.5 Å². The summed E-state index contributed by atoms with van der Waals surface area (Å²) in [4.78, 5) is 27.5. The molecular formula is C26H34N2O3. The number of nitrogens with zero attached hydrogens (tertiary/aromatic N) is 1. The standard InChI is InChI=1S/C26H34N2O3/c1-5-15-27-25(29)23(6-2)31-21-13-12-19-14-16-28(26(30)18(3)4)24(22(19)17-21)20-10-8-7-9-11-20/h7-13,17-18,23-24H,5-6,14-16H2,1-4H3,(H,27,29)/t23-,24-/m1/s1. The lowest BCUT2D eigenvalue weighted by atomic mass is 9.87. The molecule has 2 aromatic carbocycles. The van der Waals surface area contributed by atoms with Gasteiger partial charge in [0.25, 0.3) is 5.91 Å². The third kappa shape index (κ3) is 5.27. The van der Waals surface area contributed by atoms with E-state index in [-0.39, 0.29) is 23.8 Å². The molecule has 1 aliphatic rings. The van der Waals surface area contributed by atoms with Gasteiger partial charge >= 0.3 is 0 Å². The van der Waals surface area contributed by atoms with E-state index >= 15 is 0 Å². The number of hydrogen-bond acceptors (Lipinski definition) is 3. The van der Waals surface area contributed by atoms with E-state index in [1.165, 1.54) is 5.56 Å². The van der Waals surface area contributed by atoms with Crippen molar-refractivity contribution in [3.63, 3.8) is 0 Å². The fourth-order valence-electron chi connectivity index (χ4n) is 4.08. The van der Waals surface area contributed by atoms with Crippen molar-refractivity contribution in [2.75, 3.05) is 13.1 Å². The molecule has 0 aliphatic carbocycles. The van der Waals surface area contributed by atoms with Crippen LogP contribution in [0.2, 0.25) is 0 Å². The summed E-state index contributed by atoms with van der Waals surface area (Å²) in [7, 11) is 0. The number of carbonyl (C=O) groups is 2. The molecule has 2 aromatic rings. The van der Waals surface area contributed by atoms with Crippen molar-refractivity contribution in [2.45, 2.75) is 59.1 Å². The highest BCUT2D eigenvalue weighted by atomic mass is 16.5. The lowest BCUT2D eigenvalue weighted by molar-refractivity contribution is -0.136. The van der Waals surface area contributed by atoms with Gasteiger partial charge in [0.1, 0.15) is 5.75 Å². The number of rotatable bonds is 8. The molecule has 0 aromatic heterocycles. The van der Waals surface area contributed by atoms with Crippen LogP contribution < -0.4 is 10.1 Å². The maximum Gasteiger partial charge on any atom is 0.261 e. The van der Waals surface area contributed by atoms with Crippen LogP contribution in [-0.2, 0) is 16.0 Å². The Bertz CT molecular complexity index is 895. The Morgan fingerprint density at radius 1 is 1.13 bits per heavy atom. The lowest BCUT2D eigenvalue weighted by Crippen LogP contribution is -2.42. The Kier molecular flexibility index (Phi) is 7.72. The SMILES string of the molecule is CCCNC(=O)[C@@H](CC)Oc1ccc2c(c1)[C@@H](c1ccccc1)N(C(=O)C(C)C)CC2. The van der Waals surface area contributed by atoms with E-state index in [0.717, 1.165) is 24.0 Å². The van der Waals surface area contributed by atoms with Gasteiger partial charge in [-0.15, -0.1) is 0 Å². The number of fused-ring (bicyclic) bond motifs is 1. The van der Waals surface area contributed by atoms with Crippen molar-refractivity contribution in [1.29, 1.82) is 0 Å². The number of hydrogen-bond donors (Lipinski definition) is 1. The quantitative estimate of drug-likeness (QED) is 0.681. The number of nitrogens with one attached hydrogen (secondary N) is 1. The molecule has 1 heterocycles. The molecule has 0 saturated carbocycles. The summed E-state index contributed by atoms with van der Waals surface area (Å²) >= 11 is 0. The molecule has 0 radical (unpaired) electrons. The van der Waals surface area contributed by atoms with Gasteiger partial charge in [0.2, 0.25) is 5.91 Å². The minimum atomic E-state index is -0.531. The van der Waals surface area contributed by atoms with Crippen LogP contribution in [0.5, 0.6) is 5.75 Å². The first-order valence-electron chi connectivity index (χ1n) is 11.4. The fourth-order valence-corrected chi connectivity index (χ4v) is 4.08. The zero-order valence-electron chi connectivity index (χ0n) is 19.1. The Labute approximate surface area is 185 Å². The minimum absolute atomic E-state index is 0.0704. The molecule has 0 spiro atoms. The van der Waals surface area contributed by atoms with E-state index < -0.39 is 6.10 Å². The van der Waals surface area contributed by atoms with Gasteiger partial charge in [-0.1, -0.05) is 64.1 Å². The molecule has 0 saturated heterocycles. The van der Waals surface area contributed by atoms with Crippen LogP contribution in [0.1, 0.15) is 63.3 Å². The minimum Gasteiger partial charge on any atom is -0.481 e. The molecule has 166 valence electrons. The van der Waals surface area contributed by atoms with Gasteiger partial charge in [-0.25, -0.2) is 0 Å². The summed E-state index contributed by atoms with van der Waals surface area (Å²) in [5.74, 6) is 0.658. The van der Waals surface area contributed by atoms with Crippen molar-refractivity contribution in [2.24, 2.45) is 5.92 Å². The second kappa shape index (κ2) is 10.5. The Balaban J connectivity index is 1.95. The number of ether oxygens (including phenoxy) is 1. The van der Waals surface area contributed by atoms with E-state index in [2.05, 4.69) is 23.5 Å². The van der Waals surface area contributed by atoms with Crippen molar-refractivity contribution in [3.05, 3.63) is 65.2 Å². The third-order valence-corrected chi connectivity index (χ3v) is 5.73. The van der Waals surface area contributed by atoms with E-state index in [9.17, 15) is 9.59 Å². The average molecular weight is 423 g/mol. The first-order chi connectivity index (χ1) is 15.0. The summed E-state index contributed by atoms with van der Waals surface area (Å²) in [6.45, 7) is 9.20. The Hall–Kier alpha value is -2.82. The zero-order valence-corrected chi connectivity index (χ0v) is 19.1. The van der Waals surface area contributed by atoms with Crippen molar-refractivity contribution in [3.8, 4) is 5.75 Å². The Morgan fingerprint density at radius 3 is 2.52 bits per heavy atom. The molecule has 2 amide bonds. The lowest BCUT2D eigenvalue weighted by Gasteiger charge is -2.39. The normalized spacial score (nSPS) is 16.5. The topological polar surface area (TPSA) is 58.6 Å². The number of carbonyl (C=O) groups excluding carboxylic acids is 2. The fraction of sp³-hybridized carbons (Fsp3) is 0.462. The maximum atomic E-state index is 13.0. The zero-order chi connectivity index (χ0) is 22.4. The van der Waals surface area contributed by atoms with Crippen LogP contribution in [0, 0.1) is 5.92 Å². The molecule has 0 unspecified atom stereocenters. The van der Waals surface area contributed by atoms with Crippen molar-refractivity contribution < 1.29 is 14.3 Å². The summed E-state index contributed by atoms with van der Waals surface area (Å²) in [5, 5.41) is 2.92. The molecule has 3 rings (SSSR count). The molecule has 31 heavy (non-hydrogen) atoms. The van der Waals surface area contributed by atoms with Gasteiger partial charge in [0.15, 0.2) is 6.10 Å². The molecule has 2 atom stereocenters. The molecule has 5 nitrogen and oxygen atoms in total. The highest BCUT2D eigenvalue weighted by Gasteiger charge is 2.33. The first-order valence-corrected chi connectivity index (χ1v) is 11.4. The van der Waals surface area contributed by atoms with Crippen LogP contribution in [-0.4, -0.2) is 35.9 Å². The highest BCUT2D eigenvalue weighted by Crippen LogP contribution is 2.38. The van der Waals surface area contributed by atoms with Crippen LogP contribution in [0.3, 0.4) is 0 Å². The van der Waals surface area contributed by atoms with Crippen LogP contribution >= 0.6 is 0 Å². The van der Waals surface area contributed by atoms with E-state index in [1.807, 2.05) is 62.9 Å². The van der Waals surface area contributed by atoms with Gasteiger partial charge in [-0.05, 0) is 48.1 Å². The van der Waals surface area contributed by atoms with E-state index in [4.69, 9.17) is 4.74 Å². The van der Waals surface area contributed by atoms with Gasteiger partial charge in [0, 0.05) is 19.0 Å². The third-order valence-electron chi connectivity index (χ3n) is 5.73. The molecule has 5 heteroatoms. The molecule has 1 aliphatic heterocycles. The van der Waals surface area contributed by atoms with Crippen molar-refractivity contribution in [1.82, 2.24) is 10.2 Å². The summed E-state index contributed by atoms with van der Waals surface area (Å²) in [6.07, 6.45) is 1.76. The summed E-state index contributed by atoms with van der Waals surface area (Å²) in [6, 6.07) is 16.0. The largest absolute Gasteiger partial charge is 0.481 e. The highest BCUT2D eigenvalue weighted by molar-refractivity contribution is 5.81. The molecule has 0 bridgehead atoms. The molecule has 1 N–H and O–H groups in total. The Morgan fingerprint density at radius 2 is 1.87 bits per heavy atom. The maximum absolute atomic E-state index is 13.0. The number of amides is 2. The van der Waals surface area contributed by atoms with Gasteiger partial charge < -0.3 is 15.0 Å². The second-order valence-corrected chi connectivity index (χ2v) is 8.42. The van der Waals surface area contributed by atoms with E-state index in [1.54, 1.807) is 0 Å².